The molecule has 1 saturated heterocycles. The molecule has 0 N–H and O–H groups in total. The molecule has 1 aromatic rings. The number of halogens is 3. The lowest BCUT2D eigenvalue weighted by molar-refractivity contribution is -0.137. The molecule has 0 radical (unpaired) electrons. The van der Waals surface area contributed by atoms with E-state index in [0.29, 0.717) is 5.69 Å². The molecule has 2 rings (SSSR count). The number of hydrogen-bond donors (Lipinski definition) is 0. The molecule has 0 bridgehead atoms. The Hall–Kier alpha value is -1.85. The van der Waals surface area contributed by atoms with E-state index >= 15 is 0 Å². The lowest BCUT2D eigenvalue weighted by Crippen LogP contribution is -2.24. The Morgan fingerprint density at radius 1 is 1.06 bits per heavy atom. The molecule has 1 aliphatic heterocycles. The molecule has 90 valence electrons. The molecule has 3 nitrogen and oxygen atoms in total. The van der Waals surface area contributed by atoms with E-state index in [1.165, 1.54) is 17.0 Å². The zero-order valence-electron chi connectivity index (χ0n) is 8.62. The second-order valence-corrected chi connectivity index (χ2v) is 3.74. The number of rotatable bonds is 1. The smallest absolute Gasteiger partial charge is 0.305 e. The minimum absolute atomic E-state index is 0.0653. The highest BCUT2D eigenvalue weighted by Gasteiger charge is 2.32. The van der Waals surface area contributed by atoms with Crippen LogP contribution in [-0.2, 0) is 15.8 Å². The normalized spacial score (nSPS) is 16.8. The van der Waals surface area contributed by atoms with Gasteiger partial charge in [-0.1, -0.05) is 0 Å². The van der Waals surface area contributed by atoms with Crippen LogP contribution in [0.2, 0.25) is 0 Å². The third-order valence-corrected chi connectivity index (χ3v) is 2.49. The predicted molar refractivity (Wildman–Crippen MR) is 53.4 cm³/mol. The van der Waals surface area contributed by atoms with Crippen LogP contribution >= 0.6 is 0 Å². The van der Waals surface area contributed by atoms with Gasteiger partial charge in [-0.25, -0.2) is 0 Å². The predicted octanol–water partition coefficient (Wildman–Crippen LogP) is 2.01. The molecule has 1 heterocycles. The highest BCUT2D eigenvalue weighted by molar-refractivity contribution is 6.14. The van der Waals surface area contributed by atoms with Crippen LogP contribution in [0.5, 0.6) is 0 Å². The van der Waals surface area contributed by atoms with Gasteiger partial charge in [-0.3, -0.25) is 9.59 Å². The van der Waals surface area contributed by atoms with Gasteiger partial charge in [0, 0.05) is 5.69 Å². The molecular weight excluding hydrogens is 235 g/mol. The SMILES string of the molecule is O=C1CC(=O)N(c2ccc(C(F)(F)F)cc2)C1. The highest BCUT2D eigenvalue weighted by atomic mass is 19.4. The van der Waals surface area contributed by atoms with Crippen molar-refractivity contribution in [3.8, 4) is 0 Å². The third kappa shape index (κ3) is 2.30. The minimum atomic E-state index is -4.40. The van der Waals surface area contributed by atoms with E-state index in [4.69, 9.17) is 0 Å². The van der Waals surface area contributed by atoms with Gasteiger partial charge in [0.15, 0.2) is 5.78 Å². The summed E-state index contributed by atoms with van der Waals surface area (Å²) in [6.45, 7) is -0.0653. The fourth-order valence-electron chi connectivity index (χ4n) is 1.65. The summed E-state index contributed by atoms with van der Waals surface area (Å²) in [5, 5.41) is 0. The molecule has 0 spiro atoms. The van der Waals surface area contributed by atoms with Crippen molar-refractivity contribution in [1.82, 2.24) is 0 Å². The minimum Gasteiger partial charge on any atom is -0.305 e. The van der Waals surface area contributed by atoms with E-state index in [1.807, 2.05) is 0 Å². The Labute approximate surface area is 94.8 Å². The van der Waals surface area contributed by atoms with Gasteiger partial charge in [0.1, 0.15) is 0 Å². The van der Waals surface area contributed by atoms with Crippen LogP contribution in [0, 0.1) is 0 Å². The molecule has 17 heavy (non-hydrogen) atoms. The maximum atomic E-state index is 12.3. The topological polar surface area (TPSA) is 37.4 Å². The molecule has 1 fully saturated rings. The summed E-state index contributed by atoms with van der Waals surface area (Å²) < 4.78 is 36.9. The van der Waals surface area contributed by atoms with Gasteiger partial charge in [0.25, 0.3) is 0 Å². The zero-order valence-corrected chi connectivity index (χ0v) is 8.62. The fraction of sp³-hybridized carbons (Fsp3) is 0.273. The van der Waals surface area contributed by atoms with Crippen molar-refractivity contribution in [3.05, 3.63) is 29.8 Å². The average molecular weight is 243 g/mol. The van der Waals surface area contributed by atoms with Gasteiger partial charge in [-0.15, -0.1) is 0 Å². The van der Waals surface area contributed by atoms with E-state index < -0.39 is 11.7 Å². The summed E-state index contributed by atoms with van der Waals surface area (Å²) in [4.78, 5) is 23.6. The van der Waals surface area contributed by atoms with Gasteiger partial charge in [-0.2, -0.15) is 13.2 Å². The second kappa shape index (κ2) is 3.87. The Kier molecular flexibility index (Phi) is 2.65. The largest absolute Gasteiger partial charge is 0.416 e. The van der Waals surface area contributed by atoms with Crippen molar-refractivity contribution in [2.24, 2.45) is 0 Å². The van der Waals surface area contributed by atoms with Crippen LogP contribution in [-0.4, -0.2) is 18.2 Å². The van der Waals surface area contributed by atoms with Crippen molar-refractivity contribution in [2.75, 3.05) is 11.4 Å². The maximum Gasteiger partial charge on any atom is 0.416 e. The molecular formula is C11H8F3NO2. The number of benzene rings is 1. The number of ketones is 1. The van der Waals surface area contributed by atoms with Gasteiger partial charge in [0.2, 0.25) is 5.91 Å². The summed E-state index contributed by atoms with van der Waals surface area (Å²) in [5.41, 5.74) is -0.465. The van der Waals surface area contributed by atoms with E-state index in [0.717, 1.165) is 12.1 Å². The van der Waals surface area contributed by atoms with Gasteiger partial charge < -0.3 is 4.90 Å². The summed E-state index contributed by atoms with van der Waals surface area (Å²) in [6, 6.07) is 4.18. The van der Waals surface area contributed by atoms with Crippen molar-refractivity contribution >= 4 is 17.4 Å². The van der Waals surface area contributed by atoms with Crippen LogP contribution < -0.4 is 4.90 Å². The molecule has 0 atom stereocenters. The lowest BCUT2D eigenvalue weighted by atomic mass is 10.2. The van der Waals surface area contributed by atoms with Gasteiger partial charge >= 0.3 is 6.18 Å². The number of alkyl halides is 3. The highest BCUT2D eigenvalue weighted by Crippen LogP contribution is 2.31. The van der Waals surface area contributed by atoms with Crippen molar-refractivity contribution < 1.29 is 22.8 Å². The third-order valence-electron chi connectivity index (χ3n) is 2.49. The molecule has 0 unspecified atom stereocenters. The summed E-state index contributed by atoms with van der Waals surface area (Å²) in [5.74, 6) is -0.607. The standard InChI is InChI=1S/C11H8F3NO2/c12-11(13,14)7-1-3-8(4-2-7)15-6-9(16)5-10(15)17/h1-4H,5-6H2. The van der Waals surface area contributed by atoms with Crippen LogP contribution in [0.25, 0.3) is 0 Å². The number of anilines is 1. The van der Waals surface area contributed by atoms with E-state index in [-0.39, 0.29) is 24.7 Å². The van der Waals surface area contributed by atoms with E-state index in [2.05, 4.69) is 0 Å². The van der Waals surface area contributed by atoms with Crippen molar-refractivity contribution in [1.29, 1.82) is 0 Å². The average Bonchev–Trinajstić information content (AvgIpc) is 2.57. The number of amides is 1. The van der Waals surface area contributed by atoms with Crippen LogP contribution in [0.1, 0.15) is 12.0 Å². The maximum absolute atomic E-state index is 12.3. The summed E-state index contributed by atoms with van der Waals surface area (Å²) >= 11 is 0. The lowest BCUT2D eigenvalue weighted by Gasteiger charge is -2.15. The quantitative estimate of drug-likeness (QED) is 0.707. The summed E-state index contributed by atoms with van der Waals surface area (Å²) in [6.07, 6.45) is -4.58. The molecule has 1 aromatic carbocycles. The van der Waals surface area contributed by atoms with Gasteiger partial charge in [-0.05, 0) is 24.3 Å². The first-order valence-corrected chi connectivity index (χ1v) is 4.87. The van der Waals surface area contributed by atoms with Gasteiger partial charge in [0.05, 0.1) is 18.5 Å². The first kappa shape index (κ1) is 11.6. The first-order chi connectivity index (χ1) is 7.88. The van der Waals surface area contributed by atoms with Crippen LogP contribution in [0.4, 0.5) is 18.9 Å². The van der Waals surface area contributed by atoms with Crippen LogP contribution in [0.3, 0.4) is 0 Å². The van der Waals surface area contributed by atoms with E-state index in [9.17, 15) is 22.8 Å². The molecule has 0 aliphatic carbocycles. The zero-order chi connectivity index (χ0) is 12.6. The Morgan fingerprint density at radius 2 is 1.65 bits per heavy atom. The first-order valence-electron chi connectivity index (χ1n) is 4.87. The Balaban J connectivity index is 2.24. The van der Waals surface area contributed by atoms with E-state index in [1.54, 1.807) is 0 Å². The number of Topliss-reactive ketones (excluding diaryl/α,β-unsaturated/α-hetero) is 1. The van der Waals surface area contributed by atoms with Crippen molar-refractivity contribution in [2.45, 2.75) is 12.6 Å². The fourth-order valence-corrected chi connectivity index (χ4v) is 1.65. The Morgan fingerprint density at radius 3 is 2.06 bits per heavy atom. The molecule has 6 heteroatoms. The van der Waals surface area contributed by atoms with Crippen LogP contribution in [0.15, 0.2) is 24.3 Å². The monoisotopic (exact) mass is 243 g/mol. The Bertz CT molecular complexity index is 465. The van der Waals surface area contributed by atoms with Crippen molar-refractivity contribution in [3.63, 3.8) is 0 Å². The summed E-state index contributed by atoms with van der Waals surface area (Å²) in [7, 11) is 0. The molecule has 1 amide bonds. The number of carbonyl (C=O) groups excluding carboxylic acids is 2. The number of nitrogens with zero attached hydrogens (tertiary/aromatic N) is 1. The second-order valence-electron chi connectivity index (χ2n) is 3.74. The number of carbonyl (C=O) groups is 2. The molecule has 1 aliphatic rings. The number of hydrogen-bond acceptors (Lipinski definition) is 2. The molecule has 0 saturated carbocycles. The molecule has 0 aromatic heterocycles.